The molecule has 0 unspecified atom stereocenters. The molecule has 0 heterocycles. The lowest BCUT2D eigenvalue weighted by molar-refractivity contribution is 0.317. The molecular formula is C18H18N2O. The maximum absolute atomic E-state index is 9.33. The van der Waals surface area contributed by atoms with Crippen LogP contribution in [0.15, 0.2) is 48.5 Å². The van der Waals surface area contributed by atoms with Crippen molar-refractivity contribution in [3.8, 4) is 11.8 Å². The average molecular weight is 278 g/mol. The van der Waals surface area contributed by atoms with Crippen LogP contribution in [0.3, 0.4) is 0 Å². The first-order valence-corrected chi connectivity index (χ1v) is 6.93. The number of rotatable bonds is 5. The summed E-state index contributed by atoms with van der Waals surface area (Å²) in [6.07, 6.45) is 2.82. The Morgan fingerprint density at radius 3 is 2.38 bits per heavy atom. The molecule has 3 nitrogen and oxygen atoms in total. The minimum absolute atomic E-state index is 0.613. The Kier molecular flexibility index (Phi) is 5.00. The van der Waals surface area contributed by atoms with Crippen LogP contribution < -0.4 is 10.5 Å². The molecule has 0 spiro atoms. The molecule has 106 valence electrons. The van der Waals surface area contributed by atoms with Crippen LogP contribution in [0, 0.1) is 11.3 Å². The van der Waals surface area contributed by atoms with Crippen LogP contribution in [0.2, 0.25) is 0 Å². The topological polar surface area (TPSA) is 59.0 Å². The van der Waals surface area contributed by atoms with E-state index in [0.29, 0.717) is 17.9 Å². The van der Waals surface area contributed by atoms with E-state index < -0.39 is 0 Å². The van der Waals surface area contributed by atoms with Crippen molar-refractivity contribution < 1.29 is 4.74 Å². The molecule has 0 atom stereocenters. The quantitative estimate of drug-likeness (QED) is 0.508. The van der Waals surface area contributed by atoms with Gasteiger partial charge >= 0.3 is 0 Å². The van der Waals surface area contributed by atoms with E-state index >= 15 is 0 Å². The Labute approximate surface area is 125 Å². The summed E-state index contributed by atoms with van der Waals surface area (Å²) in [5, 5.41) is 9.33. The number of nitrogens with zero attached hydrogens (tertiary/aromatic N) is 1. The summed E-state index contributed by atoms with van der Waals surface area (Å²) in [5.74, 6) is 0.824. The number of nitriles is 1. The van der Waals surface area contributed by atoms with Crippen LogP contribution in [0.5, 0.6) is 5.75 Å². The molecule has 0 aliphatic rings. The van der Waals surface area contributed by atoms with Gasteiger partial charge in [0.2, 0.25) is 0 Å². The highest BCUT2D eigenvalue weighted by Gasteiger charge is 2.02. The third kappa shape index (κ3) is 4.12. The monoisotopic (exact) mass is 278 g/mol. The van der Waals surface area contributed by atoms with Gasteiger partial charge in [-0.05, 0) is 60.0 Å². The molecular weight excluding hydrogens is 260 g/mol. The van der Waals surface area contributed by atoms with Crippen molar-refractivity contribution in [2.24, 2.45) is 0 Å². The fourth-order valence-corrected chi connectivity index (χ4v) is 1.89. The average Bonchev–Trinajstić information content (AvgIpc) is 2.53. The second-order valence-electron chi connectivity index (χ2n) is 4.71. The van der Waals surface area contributed by atoms with Gasteiger partial charge in [-0.3, -0.25) is 0 Å². The van der Waals surface area contributed by atoms with Crippen molar-refractivity contribution in [3.63, 3.8) is 0 Å². The fourth-order valence-electron chi connectivity index (χ4n) is 1.89. The Bertz CT molecular complexity index is 649. The van der Waals surface area contributed by atoms with E-state index in [9.17, 15) is 5.26 Å². The normalized spacial score (nSPS) is 11.0. The van der Waals surface area contributed by atoms with E-state index in [1.165, 1.54) is 0 Å². The third-order valence-corrected chi connectivity index (χ3v) is 3.01. The lowest BCUT2D eigenvalue weighted by Gasteiger charge is -2.05. The van der Waals surface area contributed by atoms with Gasteiger partial charge in [-0.15, -0.1) is 0 Å². The first-order valence-electron chi connectivity index (χ1n) is 6.93. The predicted octanol–water partition coefficient (Wildman–Crippen LogP) is 4.12. The number of nitrogens with two attached hydrogens (primary N) is 1. The van der Waals surface area contributed by atoms with Crippen LogP contribution in [0.4, 0.5) is 5.69 Å². The maximum atomic E-state index is 9.33. The first-order chi connectivity index (χ1) is 10.2. The van der Waals surface area contributed by atoms with Gasteiger partial charge in [0, 0.05) is 5.69 Å². The molecule has 0 radical (unpaired) electrons. The van der Waals surface area contributed by atoms with Gasteiger partial charge in [-0.2, -0.15) is 5.26 Å². The minimum Gasteiger partial charge on any atom is -0.494 e. The zero-order chi connectivity index (χ0) is 15.1. The largest absolute Gasteiger partial charge is 0.494 e. The lowest BCUT2D eigenvalue weighted by Crippen LogP contribution is -1.94. The highest BCUT2D eigenvalue weighted by Crippen LogP contribution is 2.21. The van der Waals surface area contributed by atoms with Crippen LogP contribution in [-0.4, -0.2) is 6.61 Å². The SMILES string of the molecule is CCCOc1ccc(C(C#N)=Cc2ccc(N)cc2)cc1. The van der Waals surface area contributed by atoms with Crippen molar-refractivity contribution in [2.75, 3.05) is 12.3 Å². The Hall–Kier alpha value is -2.73. The van der Waals surface area contributed by atoms with E-state index in [1.54, 1.807) is 0 Å². The summed E-state index contributed by atoms with van der Waals surface area (Å²) in [5.41, 5.74) is 8.81. The molecule has 0 aliphatic carbocycles. The molecule has 0 fully saturated rings. The predicted molar refractivity (Wildman–Crippen MR) is 86.6 cm³/mol. The molecule has 2 aromatic rings. The number of hydrogen-bond acceptors (Lipinski definition) is 3. The number of benzene rings is 2. The zero-order valence-electron chi connectivity index (χ0n) is 12.0. The zero-order valence-corrected chi connectivity index (χ0v) is 12.0. The molecule has 0 saturated heterocycles. The molecule has 3 heteroatoms. The van der Waals surface area contributed by atoms with Crippen molar-refractivity contribution in [3.05, 3.63) is 59.7 Å². The molecule has 2 N–H and O–H groups in total. The number of nitrogen functional groups attached to an aromatic ring is 1. The van der Waals surface area contributed by atoms with Crippen LogP contribution in [-0.2, 0) is 0 Å². The smallest absolute Gasteiger partial charge is 0.119 e. The molecule has 2 aromatic carbocycles. The number of hydrogen-bond donors (Lipinski definition) is 1. The highest BCUT2D eigenvalue weighted by atomic mass is 16.5. The van der Waals surface area contributed by atoms with Crippen molar-refractivity contribution >= 4 is 17.3 Å². The van der Waals surface area contributed by atoms with Gasteiger partial charge < -0.3 is 10.5 Å². The minimum atomic E-state index is 0.613. The third-order valence-electron chi connectivity index (χ3n) is 3.01. The molecule has 2 rings (SSSR count). The van der Waals surface area contributed by atoms with Crippen LogP contribution in [0.25, 0.3) is 11.6 Å². The number of allylic oxidation sites excluding steroid dienone is 1. The summed E-state index contributed by atoms with van der Waals surface area (Å²) >= 11 is 0. The molecule has 0 aromatic heterocycles. The van der Waals surface area contributed by atoms with Gasteiger partial charge in [0.25, 0.3) is 0 Å². The summed E-state index contributed by atoms with van der Waals surface area (Å²) in [4.78, 5) is 0. The summed E-state index contributed by atoms with van der Waals surface area (Å²) < 4.78 is 5.54. The molecule has 0 amide bonds. The molecule has 21 heavy (non-hydrogen) atoms. The fraction of sp³-hybridized carbons (Fsp3) is 0.167. The Balaban J connectivity index is 2.21. The summed E-state index contributed by atoms with van der Waals surface area (Å²) in [6, 6.07) is 17.2. The maximum Gasteiger partial charge on any atom is 0.119 e. The van der Waals surface area contributed by atoms with Gasteiger partial charge in [0.05, 0.1) is 18.2 Å². The van der Waals surface area contributed by atoms with Crippen molar-refractivity contribution in [1.29, 1.82) is 5.26 Å². The lowest BCUT2D eigenvalue weighted by atomic mass is 10.0. The van der Waals surface area contributed by atoms with Crippen LogP contribution >= 0.6 is 0 Å². The van der Waals surface area contributed by atoms with Crippen molar-refractivity contribution in [2.45, 2.75) is 13.3 Å². The first kappa shape index (κ1) is 14.7. The van der Waals surface area contributed by atoms with E-state index in [2.05, 4.69) is 13.0 Å². The summed E-state index contributed by atoms with van der Waals surface area (Å²) in [6.45, 7) is 2.77. The van der Waals surface area contributed by atoms with E-state index in [4.69, 9.17) is 10.5 Å². The Morgan fingerprint density at radius 2 is 1.81 bits per heavy atom. The molecule has 0 aliphatic heterocycles. The number of ether oxygens (including phenoxy) is 1. The van der Waals surface area contributed by atoms with E-state index in [1.807, 2.05) is 54.6 Å². The molecule has 0 bridgehead atoms. The van der Waals surface area contributed by atoms with Crippen molar-refractivity contribution in [1.82, 2.24) is 0 Å². The second-order valence-corrected chi connectivity index (χ2v) is 4.71. The van der Waals surface area contributed by atoms with E-state index in [-0.39, 0.29) is 0 Å². The Morgan fingerprint density at radius 1 is 1.14 bits per heavy atom. The second kappa shape index (κ2) is 7.16. The molecule has 0 saturated carbocycles. The summed E-state index contributed by atoms with van der Waals surface area (Å²) in [7, 11) is 0. The van der Waals surface area contributed by atoms with Gasteiger partial charge in [0.15, 0.2) is 0 Å². The van der Waals surface area contributed by atoms with Crippen LogP contribution in [0.1, 0.15) is 24.5 Å². The standard InChI is InChI=1S/C18H18N2O/c1-2-11-21-18-9-5-15(6-10-18)16(13-19)12-14-3-7-17(20)8-4-14/h3-10,12H,2,11,20H2,1H3. The van der Waals surface area contributed by atoms with Gasteiger partial charge in [0.1, 0.15) is 5.75 Å². The van der Waals surface area contributed by atoms with E-state index in [0.717, 1.165) is 23.3 Å². The van der Waals surface area contributed by atoms with Gasteiger partial charge in [-0.25, -0.2) is 0 Å². The van der Waals surface area contributed by atoms with Gasteiger partial charge in [-0.1, -0.05) is 19.1 Å². The number of anilines is 1. The highest BCUT2D eigenvalue weighted by molar-refractivity contribution is 5.89.